The summed E-state index contributed by atoms with van der Waals surface area (Å²) in [5.74, 6) is 0.322. The average molecular weight is 126 g/mol. The first kappa shape index (κ1) is 6.49. The van der Waals surface area contributed by atoms with Crippen molar-refractivity contribution >= 4 is 5.78 Å². The minimum atomic E-state index is 0.135. The lowest BCUT2D eigenvalue weighted by Crippen LogP contribution is -2.13. The maximum atomic E-state index is 10.6. The van der Waals surface area contributed by atoms with Crippen molar-refractivity contribution in [3.8, 4) is 0 Å². The fraction of sp³-hybridized carbons (Fsp3) is 0.571. The Morgan fingerprint density at radius 3 is 3.00 bits per heavy atom. The van der Waals surface area contributed by atoms with Gasteiger partial charge in [-0.2, -0.15) is 0 Å². The Kier molecular flexibility index (Phi) is 2.01. The number of aliphatic hydroxyl groups excluding tert-OH is 1. The van der Waals surface area contributed by atoms with E-state index in [2.05, 4.69) is 0 Å². The molecule has 0 aliphatic heterocycles. The van der Waals surface area contributed by atoms with Gasteiger partial charge in [0, 0.05) is 13.0 Å². The highest BCUT2D eigenvalue weighted by Gasteiger charge is 2.13. The summed E-state index contributed by atoms with van der Waals surface area (Å²) in [7, 11) is 0. The first-order valence-electron chi connectivity index (χ1n) is 3.13. The molecular formula is C7H10O2. The highest BCUT2D eigenvalue weighted by Crippen LogP contribution is 2.13. The zero-order valence-electron chi connectivity index (χ0n) is 5.21. The lowest BCUT2D eigenvalue weighted by molar-refractivity contribution is -0.116. The first-order valence-corrected chi connectivity index (χ1v) is 3.13. The zero-order chi connectivity index (χ0) is 6.69. The fourth-order valence-electron chi connectivity index (χ4n) is 0.967. The Hall–Kier alpha value is -0.630. The van der Waals surface area contributed by atoms with Gasteiger partial charge in [0.25, 0.3) is 0 Å². The predicted molar refractivity (Wildman–Crippen MR) is 34.0 cm³/mol. The van der Waals surface area contributed by atoms with Crippen molar-refractivity contribution in [3.63, 3.8) is 0 Å². The normalized spacial score (nSPS) is 26.8. The summed E-state index contributed by atoms with van der Waals surface area (Å²) in [4.78, 5) is 10.6. The fourth-order valence-corrected chi connectivity index (χ4v) is 0.967. The molecule has 1 aliphatic rings. The van der Waals surface area contributed by atoms with Crippen LogP contribution in [0, 0.1) is 5.92 Å². The highest BCUT2D eigenvalue weighted by molar-refractivity contribution is 5.90. The van der Waals surface area contributed by atoms with Crippen LogP contribution in [-0.2, 0) is 4.79 Å². The van der Waals surface area contributed by atoms with E-state index in [1.54, 1.807) is 6.08 Å². The van der Waals surface area contributed by atoms with Crippen molar-refractivity contribution in [2.24, 2.45) is 5.92 Å². The zero-order valence-corrected chi connectivity index (χ0v) is 5.21. The second-order valence-electron chi connectivity index (χ2n) is 2.36. The number of rotatable bonds is 1. The van der Waals surface area contributed by atoms with Crippen molar-refractivity contribution in [2.75, 3.05) is 6.61 Å². The SMILES string of the molecule is O=C1C=CC[C@@H](CO)C1. The third kappa shape index (κ3) is 1.64. The summed E-state index contributed by atoms with van der Waals surface area (Å²) in [6, 6.07) is 0. The van der Waals surface area contributed by atoms with Crippen LogP contribution in [0.4, 0.5) is 0 Å². The summed E-state index contributed by atoms with van der Waals surface area (Å²) < 4.78 is 0. The summed E-state index contributed by atoms with van der Waals surface area (Å²) in [6.45, 7) is 0.135. The van der Waals surface area contributed by atoms with Crippen LogP contribution in [0.15, 0.2) is 12.2 Å². The molecule has 1 aliphatic carbocycles. The second kappa shape index (κ2) is 2.78. The molecule has 1 rings (SSSR count). The smallest absolute Gasteiger partial charge is 0.155 e. The van der Waals surface area contributed by atoms with Crippen molar-refractivity contribution in [1.29, 1.82) is 0 Å². The van der Waals surface area contributed by atoms with E-state index in [4.69, 9.17) is 5.11 Å². The Morgan fingerprint density at radius 2 is 2.56 bits per heavy atom. The van der Waals surface area contributed by atoms with Crippen LogP contribution in [0.5, 0.6) is 0 Å². The van der Waals surface area contributed by atoms with Crippen LogP contribution in [0.25, 0.3) is 0 Å². The molecule has 0 bridgehead atoms. The summed E-state index contributed by atoms with van der Waals surface area (Å²) in [6.07, 6.45) is 4.79. The van der Waals surface area contributed by atoms with Crippen molar-refractivity contribution in [2.45, 2.75) is 12.8 Å². The average Bonchev–Trinajstić information content (AvgIpc) is 1.88. The van der Waals surface area contributed by atoms with Crippen LogP contribution in [0.3, 0.4) is 0 Å². The Balaban J connectivity index is 2.47. The summed E-state index contributed by atoms with van der Waals surface area (Å²) in [5.41, 5.74) is 0. The number of hydrogen-bond acceptors (Lipinski definition) is 2. The molecule has 9 heavy (non-hydrogen) atoms. The van der Waals surface area contributed by atoms with Gasteiger partial charge in [-0.05, 0) is 18.4 Å². The van der Waals surface area contributed by atoms with Gasteiger partial charge in [-0.25, -0.2) is 0 Å². The van der Waals surface area contributed by atoms with E-state index in [0.717, 1.165) is 6.42 Å². The number of ketones is 1. The molecule has 0 fully saturated rings. The molecule has 0 spiro atoms. The molecule has 0 saturated heterocycles. The van der Waals surface area contributed by atoms with E-state index in [9.17, 15) is 4.79 Å². The van der Waals surface area contributed by atoms with E-state index < -0.39 is 0 Å². The monoisotopic (exact) mass is 126 g/mol. The molecule has 0 saturated carbocycles. The molecule has 0 aromatic rings. The summed E-state index contributed by atoms with van der Waals surface area (Å²) >= 11 is 0. The number of aliphatic hydroxyl groups is 1. The van der Waals surface area contributed by atoms with Crippen molar-refractivity contribution in [3.05, 3.63) is 12.2 Å². The minimum Gasteiger partial charge on any atom is -0.396 e. The molecule has 1 atom stereocenters. The first-order chi connectivity index (χ1) is 4.33. The van der Waals surface area contributed by atoms with Gasteiger partial charge in [0.2, 0.25) is 0 Å². The van der Waals surface area contributed by atoms with E-state index in [1.165, 1.54) is 0 Å². The quantitative estimate of drug-likeness (QED) is 0.556. The maximum Gasteiger partial charge on any atom is 0.155 e. The van der Waals surface area contributed by atoms with Gasteiger partial charge in [0.1, 0.15) is 0 Å². The van der Waals surface area contributed by atoms with Crippen molar-refractivity contribution in [1.82, 2.24) is 0 Å². The predicted octanol–water partition coefficient (Wildman–Crippen LogP) is 0.514. The van der Waals surface area contributed by atoms with Gasteiger partial charge in [-0.3, -0.25) is 4.79 Å². The Labute approximate surface area is 54.2 Å². The van der Waals surface area contributed by atoms with Crippen molar-refractivity contribution < 1.29 is 9.90 Å². The lowest BCUT2D eigenvalue weighted by atomic mass is 9.95. The summed E-state index contributed by atoms with van der Waals surface area (Å²) in [5, 5.41) is 8.62. The highest BCUT2D eigenvalue weighted by atomic mass is 16.3. The van der Waals surface area contributed by atoms with Gasteiger partial charge >= 0.3 is 0 Å². The number of allylic oxidation sites excluding steroid dienone is 2. The van der Waals surface area contributed by atoms with Crippen LogP contribution in [0.1, 0.15) is 12.8 Å². The minimum absolute atomic E-state index is 0.135. The molecule has 0 aromatic carbocycles. The van der Waals surface area contributed by atoms with Gasteiger partial charge in [0.05, 0.1) is 0 Å². The molecule has 2 nitrogen and oxygen atoms in total. The van der Waals surface area contributed by atoms with Crippen LogP contribution >= 0.6 is 0 Å². The molecule has 0 unspecified atom stereocenters. The van der Waals surface area contributed by atoms with Gasteiger partial charge in [-0.1, -0.05) is 6.08 Å². The molecule has 0 heterocycles. The van der Waals surface area contributed by atoms with Crippen LogP contribution in [-0.4, -0.2) is 17.5 Å². The van der Waals surface area contributed by atoms with Crippen LogP contribution < -0.4 is 0 Å². The standard InChI is InChI=1S/C7H10O2/c8-5-6-2-1-3-7(9)4-6/h1,3,6,8H,2,4-5H2/t6-/m1/s1. The van der Waals surface area contributed by atoms with Crippen LogP contribution in [0.2, 0.25) is 0 Å². The Morgan fingerprint density at radius 1 is 1.78 bits per heavy atom. The molecular weight excluding hydrogens is 116 g/mol. The molecule has 50 valence electrons. The number of carbonyl (C=O) groups is 1. The molecule has 0 amide bonds. The number of hydrogen-bond donors (Lipinski definition) is 1. The van der Waals surface area contributed by atoms with E-state index in [1.807, 2.05) is 6.08 Å². The van der Waals surface area contributed by atoms with Gasteiger partial charge in [0.15, 0.2) is 5.78 Å². The lowest BCUT2D eigenvalue weighted by Gasteiger charge is -2.12. The topological polar surface area (TPSA) is 37.3 Å². The second-order valence-corrected chi connectivity index (χ2v) is 2.36. The number of carbonyl (C=O) groups excluding carboxylic acids is 1. The van der Waals surface area contributed by atoms with E-state index in [-0.39, 0.29) is 18.3 Å². The van der Waals surface area contributed by atoms with Gasteiger partial charge in [-0.15, -0.1) is 0 Å². The molecule has 2 heteroatoms. The molecule has 1 N–H and O–H groups in total. The molecule has 0 radical (unpaired) electrons. The Bertz CT molecular complexity index is 138. The maximum absolute atomic E-state index is 10.6. The third-order valence-corrected chi connectivity index (χ3v) is 1.52. The van der Waals surface area contributed by atoms with E-state index >= 15 is 0 Å². The largest absolute Gasteiger partial charge is 0.396 e. The van der Waals surface area contributed by atoms with Gasteiger partial charge < -0.3 is 5.11 Å². The van der Waals surface area contributed by atoms with E-state index in [0.29, 0.717) is 6.42 Å². The molecule has 0 aromatic heterocycles. The third-order valence-electron chi connectivity index (χ3n) is 1.52.